The number of hydrogen-bond acceptors (Lipinski definition) is 14. The van der Waals surface area contributed by atoms with E-state index in [1.54, 1.807) is 11.5 Å². The van der Waals surface area contributed by atoms with Crippen molar-refractivity contribution < 1.29 is 37.2 Å². The summed E-state index contributed by atoms with van der Waals surface area (Å²) < 4.78 is 47.7. The largest absolute Gasteiger partial charge is 0.479 e. The highest BCUT2D eigenvalue weighted by atomic mass is 32.2. The predicted molar refractivity (Wildman–Crippen MR) is 131 cm³/mol. The Bertz CT molecular complexity index is 1420. The Hall–Kier alpha value is -2.40. The zero-order chi connectivity index (χ0) is 26.8. The number of hydrogen-bond donors (Lipinski definition) is 4. The molecule has 3 aromatic rings. The van der Waals surface area contributed by atoms with Gasteiger partial charge in [0.2, 0.25) is 0 Å². The van der Waals surface area contributed by atoms with E-state index in [1.165, 1.54) is 41.2 Å². The van der Waals surface area contributed by atoms with Crippen LogP contribution in [0.15, 0.2) is 29.7 Å². The molecule has 1 aliphatic heterocycles. The highest BCUT2D eigenvalue weighted by Crippen LogP contribution is 2.60. The molecule has 2 unspecified atom stereocenters. The molecule has 0 bridgehead atoms. The van der Waals surface area contributed by atoms with Crippen LogP contribution in [0.25, 0.3) is 11.2 Å². The van der Waals surface area contributed by atoms with Crippen LogP contribution in [0.3, 0.4) is 0 Å². The zero-order valence-corrected chi connectivity index (χ0v) is 21.9. The molecular formula is C17H24N8O9P2S. The minimum Gasteiger partial charge on any atom is -0.383 e. The molecule has 0 amide bonds. The SMILES string of the molecule is C[C@H](Cn1cnc2c(N)ncnc21)OCP(=O)(O)OP(=O)(O)OC[C@@H]1O[C@H](n2ccc(N)nc2=O)CS1. The number of phosphoric acid groups is 1. The minimum atomic E-state index is -4.96. The summed E-state index contributed by atoms with van der Waals surface area (Å²) in [6.45, 7) is 1.34. The topological polar surface area (TPSA) is 242 Å². The van der Waals surface area contributed by atoms with Gasteiger partial charge in [0.25, 0.3) is 0 Å². The fraction of sp³-hybridized carbons (Fsp3) is 0.471. The number of imidazole rings is 1. The van der Waals surface area contributed by atoms with Crippen molar-refractivity contribution in [3.63, 3.8) is 0 Å². The number of ether oxygens (including phenoxy) is 2. The van der Waals surface area contributed by atoms with Crippen molar-refractivity contribution >= 4 is 50.0 Å². The van der Waals surface area contributed by atoms with Gasteiger partial charge in [-0.1, -0.05) is 0 Å². The normalized spacial score (nSPS) is 22.0. The van der Waals surface area contributed by atoms with Gasteiger partial charge in [0.1, 0.15) is 35.7 Å². The maximum atomic E-state index is 12.3. The molecule has 202 valence electrons. The molecule has 17 nitrogen and oxygen atoms in total. The molecule has 1 saturated heterocycles. The molecule has 4 rings (SSSR count). The average molecular weight is 578 g/mol. The van der Waals surface area contributed by atoms with E-state index in [0.29, 0.717) is 16.9 Å². The van der Waals surface area contributed by atoms with Crippen LogP contribution in [0.2, 0.25) is 0 Å². The van der Waals surface area contributed by atoms with Gasteiger partial charge in [0, 0.05) is 11.9 Å². The Balaban J connectivity index is 1.24. The molecule has 0 spiro atoms. The molecule has 0 radical (unpaired) electrons. The summed E-state index contributed by atoms with van der Waals surface area (Å²) in [6.07, 6.45) is 1.95. The highest BCUT2D eigenvalue weighted by Gasteiger charge is 2.37. The fourth-order valence-corrected chi connectivity index (χ4v) is 6.79. The number of nitrogens with zero attached hydrogens (tertiary/aromatic N) is 6. The van der Waals surface area contributed by atoms with E-state index in [-0.39, 0.29) is 18.2 Å². The maximum Gasteiger partial charge on any atom is 0.479 e. The number of anilines is 2. The Morgan fingerprint density at radius 3 is 2.84 bits per heavy atom. The van der Waals surface area contributed by atoms with Gasteiger partial charge < -0.3 is 35.3 Å². The summed E-state index contributed by atoms with van der Waals surface area (Å²) >= 11 is 1.20. The Morgan fingerprint density at radius 2 is 2.08 bits per heavy atom. The summed E-state index contributed by atoms with van der Waals surface area (Å²) in [7, 11) is -9.65. The monoisotopic (exact) mass is 578 g/mol. The Morgan fingerprint density at radius 1 is 1.30 bits per heavy atom. The van der Waals surface area contributed by atoms with Crippen molar-refractivity contribution in [1.29, 1.82) is 0 Å². The van der Waals surface area contributed by atoms with Gasteiger partial charge in [-0.25, -0.2) is 28.6 Å². The summed E-state index contributed by atoms with van der Waals surface area (Å²) in [5, 5.41) is 0. The van der Waals surface area contributed by atoms with E-state index in [9.17, 15) is 23.7 Å². The van der Waals surface area contributed by atoms with Gasteiger partial charge in [0.15, 0.2) is 11.5 Å². The van der Waals surface area contributed by atoms with Crippen LogP contribution in [0.1, 0.15) is 13.2 Å². The lowest BCUT2D eigenvalue weighted by Gasteiger charge is -2.20. The van der Waals surface area contributed by atoms with Crippen LogP contribution in [-0.2, 0) is 34.0 Å². The van der Waals surface area contributed by atoms with Crippen molar-refractivity contribution in [3.8, 4) is 0 Å². The van der Waals surface area contributed by atoms with Crippen LogP contribution in [0.5, 0.6) is 0 Å². The Kier molecular flexibility index (Phi) is 8.32. The van der Waals surface area contributed by atoms with Crippen molar-refractivity contribution in [2.45, 2.75) is 31.2 Å². The lowest BCUT2D eigenvalue weighted by Crippen LogP contribution is -2.28. The third-order valence-corrected chi connectivity index (χ3v) is 8.80. The predicted octanol–water partition coefficient (Wildman–Crippen LogP) is 0.517. The third-order valence-electron chi connectivity index (χ3n) is 4.91. The molecule has 0 aromatic carbocycles. The van der Waals surface area contributed by atoms with Crippen LogP contribution in [0.4, 0.5) is 11.6 Å². The van der Waals surface area contributed by atoms with E-state index < -0.39 is 51.8 Å². The zero-order valence-electron chi connectivity index (χ0n) is 19.3. The number of phosphoric ester groups is 1. The Labute approximate surface area is 213 Å². The second-order valence-corrected chi connectivity index (χ2v) is 12.4. The molecule has 3 aromatic heterocycles. The summed E-state index contributed by atoms with van der Waals surface area (Å²) in [6, 6.07) is 1.43. The first-order valence-electron chi connectivity index (χ1n) is 10.6. The van der Waals surface area contributed by atoms with Crippen molar-refractivity contribution in [3.05, 3.63) is 35.4 Å². The molecular weight excluding hydrogens is 554 g/mol. The van der Waals surface area contributed by atoms with E-state index in [0.717, 1.165) is 0 Å². The van der Waals surface area contributed by atoms with E-state index in [2.05, 4.69) is 24.2 Å². The lowest BCUT2D eigenvalue weighted by molar-refractivity contribution is -0.00640. The number of aromatic nitrogens is 6. The number of nitrogens with two attached hydrogens (primary N) is 2. The van der Waals surface area contributed by atoms with Crippen LogP contribution < -0.4 is 17.2 Å². The second-order valence-electron chi connectivity index (χ2n) is 7.81. The molecule has 0 aliphatic carbocycles. The van der Waals surface area contributed by atoms with Gasteiger partial charge >= 0.3 is 21.1 Å². The highest BCUT2D eigenvalue weighted by molar-refractivity contribution is 8.00. The van der Waals surface area contributed by atoms with Gasteiger partial charge in [-0.3, -0.25) is 13.7 Å². The average Bonchev–Trinajstić information content (AvgIpc) is 3.44. The molecule has 37 heavy (non-hydrogen) atoms. The minimum absolute atomic E-state index is 0.0620. The van der Waals surface area contributed by atoms with Crippen molar-refractivity contribution in [1.82, 2.24) is 29.1 Å². The van der Waals surface area contributed by atoms with Gasteiger partial charge in [-0.15, -0.1) is 11.8 Å². The molecule has 6 N–H and O–H groups in total. The summed E-state index contributed by atoms with van der Waals surface area (Å²) in [4.78, 5) is 47.6. The molecule has 1 aliphatic rings. The quantitative estimate of drug-likeness (QED) is 0.227. The first-order chi connectivity index (χ1) is 17.4. The fourth-order valence-electron chi connectivity index (χ4n) is 3.27. The first kappa shape index (κ1) is 27.6. The van der Waals surface area contributed by atoms with Crippen LogP contribution >= 0.6 is 27.2 Å². The van der Waals surface area contributed by atoms with Gasteiger partial charge in [-0.2, -0.15) is 4.98 Å². The molecule has 4 heterocycles. The van der Waals surface area contributed by atoms with E-state index in [1.807, 2.05) is 0 Å². The molecule has 1 fully saturated rings. The summed E-state index contributed by atoms with van der Waals surface area (Å²) in [5.41, 5.74) is 10.7. The summed E-state index contributed by atoms with van der Waals surface area (Å²) in [5.74, 6) is 0.592. The first-order valence-corrected chi connectivity index (χ1v) is 14.9. The number of rotatable bonds is 11. The van der Waals surface area contributed by atoms with Crippen molar-refractivity contribution in [2.75, 3.05) is 30.2 Å². The molecule has 20 heteroatoms. The smallest absolute Gasteiger partial charge is 0.383 e. The van der Waals surface area contributed by atoms with E-state index >= 15 is 0 Å². The number of nitrogen functional groups attached to an aromatic ring is 2. The van der Waals surface area contributed by atoms with Gasteiger partial charge in [0.05, 0.1) is 25.6 Å². The van der Waals surface area contributed by atoms with Crippen LogP contribution in [-0.4, -0.2) is 69.1 Å². The molecule has 0 saturated carbocycles. The van der Waals surface area contributed by atoms with E-state index in [4.69, 9.17) is 25.5 Å². The van der Waals surface area contributed by atoms with Crippen LogP contribution in [0, 0.1) is 0 Å². The molecule has 5 atom stereocenters. The third kappa shape index (κ3) is 7.13. The standard InChI is InChI=1S/C17H24N8O9P2S/c1-10(4-24-8-22-14-15(19)20-7-21-16(14)24)31-9-35(27,28)34-36(29,30)32-5-13-33-12(6-37-13)25-3-2-11(18)23-17(25)26/h2-3,7-8,10,12-13H,4-6,9H2,1H3,(H,27,28)(H,29,30)(H2,18,23,26)(H2,19,20,21)/t10-,12+,13-/m1/s1. The second kappa shape index (κ2) is 11.1. The number of thioether (sulfide) groups is 1. The maximum absolute atomic E-state index is 12.3. The van der Waals surface area contributed by atoms with Crippen molar-refractivity contribution in [2.24, 2.45) is 0 Å². The lowest BCUT2D eigenvalue weighted by atomic mass is 10.4. The van der Waals surface area contributed by atoms with Gasteiger partial charge in [-0.05, 0) is 13.0 Å². The number of fused-ring (bicyclic) bond motifs is 1.